The van der Waals surface area contributed by atoms with E-state index in [9.17, 15) is 10.2 Å². The topological polar surface area (TPSA) is 138 Å². The second kappa shape index (κ2) is 6.29. The fourth-order valence-corrected chi connectivity index (χ4v) is 1.77. The molecule has 0 bridgehead atoms. The molecule has 1 rings (SSSR count). The number of nitrogens with zero attached hydrogens (tertiary/aromatic N) is 3. The summed E-state index contributed by atoms with van der Waals surface area (Å²) in [7, 11) is 0. The first kappa shape index (κ1) is 15.1. The minimum absolute atomic E-state index is 0.0971. The summed E-state index contributed by atoms with van der Waals surface area (Å²) in [4.78, 5) is 0. The lowest BCUT2D eigenvalue weighted by molar-refractivity contribution is 0.401. The van der Waals surface area contributed by atoms with Crippen LogP contribution in [0.3, 0.4) is 0 Å². The van der Waals surface area contributed by atoms with Gasteiger partial charge in [0.05, 0.1) is 15.7 Å². The van der Waals surface area contributed by atoms with Crippen molar-refractivity contribution in [1.82, 2.24) is 0 Å². The van der Waals surface area contributed by atoms with Gasteiger partial charge in [0.2, 0.25) is 0 Å². The highest BCUT2D eigenvalue weighted by molar-refractivity contribution is 9.10. The highest BCUT2D eigenvalue weighted by atomic mass is 79.9. The van der Waals surface area contributed by atoms with Crippen molar-refractivity contribution in [3.05, 3.63) is 39.0 Å². The van der Waals surface area contributed by atoms with Crippen LogP contribution in [0.2, 0.25) is 0 Å². The molecular formula is C13H7BrN4O2. The van der Waals surface area contributed by atoms with Crippen LogP contribution in [0.5, 0.6) is 11.5 Å². The molecular weight excluding hydrogens is 324 g/mol. The van der Waals surface area contributed by atoms with Crippen molar-refractivity contribution in [3.63, 3.8) is 0 Å². The molecule has 0 fully saturated rings. The van der Waals surface area contributed by atoms with Crippen LogP contribution in [0.4, 0.5) is 0 Å². The summed E-state index contributed by atoms with van der Waals surface area (Å²) in [6, 6.07) is 7.60. The van der Waals surface area contributed by atoms with Gasteiger partial charge in [0.1, 0.15) is 18.2 Å². The van der Waals surface area contributed by atoms with Gasteiger partial charge in [-0.25, -0.2) is 0 Å². The van der Waals surface area contributed by atoms with Crippen molar-refractivity contribution in [3.8, 4) is 29.7 Å². The molecule has 98 valence electrons. The second-order valence-corrected chi connectivity index (χ2v) is 4.41. The average molecular weight is 331 g/mol. The number of halogens is 1. The molecule has 0 aliphatic heterocycles. The van der Waals surface area contributed by atoms with Gasteiger partial charge in [-0.2, -0.15) is 15.8 Å². The van der Waals surface area contributed by atoms with Gasteiger partial charge in [-0.1, -0.05) is 0 Å². The number of allylic oxidation sites excluding steroid dienone is 2. The number of nitrogens with two attached hydrogens (primary N) is 1. The summed E-state index contributed by atoms with van der Waals surface area (Å²) < 4.78 is 0.226. The number of rotatable bonds is 2. The fraction of sp³-hybridized carbons (Fsp3) is 0. The van der Waals surface area contributed by atoms with Gasteiger partial charge in [0.15, 0.2) is 17.1 Å². The second-order valence-electron chi connectivity index (χ2n) is 3.55. The third-order valence-corrected chi connectivity index (χ3v) is 2.88. The Hall–Kier alpha value is -2.95. The van der Waals surface area contributed by atoms with Crippen LogP contribution in [0.25, 0.3) is 6.08 Å². The normalized spacial score (nSPS) is 10.0. The Morgan fingerprint density at radius 1 is 1.15 bits per heavy atom. The molecule has 6 nitrogen and oxygen atoms in total. The molecule has 0 aliphatic carbocycles. The summed E-state index contributed by atoms with van der Waals surface area (Å²) in [5.41, 5.74) is 5.21. The summed E-state index contributed by atoms with van der Waals surface area (Å²) >= 11 is 3.03. The maximum Gasteiger partial charge on any atom is 0.171 e. The molecule has 20 heavy (non-hydrogen) atoms. The number of phenols is 2. The molecule has 0 heterocycles. The molecule has 0 saturated heterocycles. The lowest BCUT2D eigenvalue weighted by Gasteiger charge is -2.04. The molecule has 0 radical (unpaired) electrons. The van der Waals surface area contributed by atoms with Gasteiger partial charge in [-0.05, 0) is 39.7 Å². The van der Waals surface area contributed by atoms with E-state index in [2.05, 4.69) is 15.9 Å². The molecule has 0 spiro atoms. The van der Waals surface area contributed by atoms with Gasteiger partial charge in [-0.3, -0.25) is 0 Å². The fourth-order valence-electron chi connectivity index (χ4n) is 1.31. The van der Waals surface area contributed by atoms with Crippen LogP contribution in [0.1, 0.15) is 5.56 Å². The molecule has 1 aromatic carbocycles. The van der Waals surface area contributed by atoms with Gasteiger partial charge in [0.25, 0.3) is 0 Å². The molecule has 0 atom stereocenters. The number of hydrogen-bond acceptors (Lipinski definition) is 6. The van der Waals surface area contributed by atoms with Gasteiger partial charge < -0.3 is 15.9 Å². The van der Waals surface area contributed by atoms with E-state index < -0.39 is 0 Å². The van der Waals surface area contributed by atoms with Crippen molar-refractivity contribution >= 4 is 22.0 Å². The summed E-state index contributed by atoms with van der Waals surface area (Å²) in [5.74, 6) is -0.717. The van der Waals surface area contributed by atoms with Crippen LogP contribution in [-0.2, 0) is 0 Å². The van der Waals surface area contributed by atoms with E-state index in [1.54, 1.807) is 18.2 Å². The number of aromatic hydroxyl groups is 2. The van der Waals surface area contributed by atoms with Crippen LogP contribution in [-0.4, -0.2) is 10.2 Å². The third kappa shape index (κ3) is 3.08. The first-order chi connectivity index (χ1) is 9.44. The zero-order chi connectivity index (χ0) is 15.3. The van der Waals surface area contributed by atoms with Crippen molar-refractivity contribution in [2.75, 3.05) is 0 Å². The highest BCUT2D eigenvalue weighted by Gasteiger charge is 2.10. The van der Waals surface area contributed by atoms with Crippen LogP contribution >= 0.6 is 15.9 Å². The van der Waals surface area contributed by atoms with E-state index in [1.807, 2.05) is 0 Å². The van der Waals surface area contributed by atoms with Crippen molar-refractivity contribution in [2.45, 2.75) is 0 Å². The maximum atomic E-state index is 9.47. The Kier molecular flexibility index (Phi) is 4.75. The lowest BCUT2D eigenvalue weighted by Crippen LogP contribution is -2.03. The number of hydrogen-bond donors (Lipinski definition) is 3. The summed E-state index contributed by atoms with van der Waals surface area (Å²) in [5, 5.41) is 45.3. The number of phenolic OH excluding ortho intramolecular Hbond substituents is 2. The molecule has 0 amide bonds. The lowest BCUT2D eigenvalue weighted by atomic mass is 10.1. The van der Waals surface area contributed by atoms with Crippen LogP contribution in [0.15, 0.2) is 33.4 Å². The molecule has 0 saturated carbocycles. The minimum Gasteiger partial charge on any atom is -0.504 e. The summed E-state index contributed by atoms with van der Waals surface area (Å²) in [6.07, 6.45) is 1.29. The highest BCUT2D eigenvalue weighted by Crippen LogP contribution is 2.35. The minimum atomic E-state index is -0.383. The third-order valence-electron chi connectivity index (χ3n) is 2.28. The monoisotopic (exact) mass is 330 g/mol. The standard InChI is InChI=1S/C13H7BrN4O2/c14-10-2-7(3-11(19)13(10)20)1-8(4-15)12(18)9(5-16)6-17/h1-3,19-20H,18H2/b8-1-. The van der Waals surface area contributed by atoms with Crippen LogP contribution in [0, 0.1) is 34.0 Å². The Morgan fingerprint density at radius 3 is 2.20 bits per heavy atom. The predicted octanol–water partition coefficient (Wildman–Crippen LogP) is 2.03. The van der Waals surface area contributed by atoms with Crippen molar-refractivity contribution in [1.29, 1.82) is 15.8 Å². The van der Waals surface area contributed by atoms with Crippen molar-refractivity contribution in [2.24, 2.45) is 5.73 Å². The quantitative estimate of drug-likeness (QED) is 0.430. The molecule has 7 heteroatoms. The Labute approximate surface area is 123 Å². The SMILES string of the molecule is N#CC(C#N)=C(N)/C(C#N)=C\c1cc(O)c(O)c(Br)c1. The average Bonchev–Trinajstić information content (AvgIpc) is 2.43. The first-order valence-electron chi connectivity index (χ1n) is 5.08. The molecule has 0 aliphatic rings. The van der Waals surface area contributed by atoms with Gasteiger partial charge >= 0.3 is 0 Å². The zero-order valence-electron chi connectivity index (χ0n) is 9.92. The summed E-state index contributed by atoms with van der Waals surface area (Å²) in [6.45, 7) is 0. The van der Waals surface area contributed by atoms with Gasteiger partial charge in [-0.15, -0.1) is 0 Å². The van der Waals surface area contributed by atoms with E-state index in [-0.39, 0.29) is 32.8 Å². The van der Waals surface area contributed by atoms with Crippen LogP contribution < -0.4 is 5.73 Å². The Morgan fingerprint density at radius 2 is 1.75 bits per heavy atom. The molecule has 1 aromatic rings. The van der Waals surface area contributed by atoms with E-state index in [0.717, 1.165) is 0 Å². The largest absolute Gasteiger partial charge is 0.504 e. The van der Waals surface area contributed by atoms with E-state index in [0.29, 0.717) is 5.56 Å². The molecule has 0 unspecified atom stereocenters. The predicted molar refractivity (Wildman–Crippen MR) is 73.5 cm³/mol. The molecule has 4 N–H and O–H groups in total. The molecule has 0 aromatic heterocycles. The smallest absolute Gasteiger partial charge is 0.171 e. The first-order valence-corrected chi connectivity index (χ1v) is 5.87. The number of benzene rings is 1. The van der Waals surface area contributed by atoms with Gasteiger partial charge in [0, 0.05) is 0 Å². The number of nitriles is 3. The Bertz CT molecular complexity index is 706. The van der Waals surface area contributed by atoms with Crippen molar-refractivity contribution < 1.29 is 10.2 Å². The van der Waals surface area contributed by atoms with E-state index in [1.165, 1.54) is 18.2 Å². The van der Waals surface area contributed by atoms with E-state index in [4.69, 9.17) is 21.5 Å². The van der Waals surface area contributed by atoms with E-state index >= 15 is 0 Å². The maximum absolute atomic E-state index is 9.47. The Balaban J connectivity index is 3.43. The zero-order valence-corrected chi connectivity index (χ0v) is 11.5.